The molecule has 10 heteroatoms. The van der Waals surface area contributed by atoms with Crippen molar-refractivity contribution in [2.24, 2.45) is 0 Å². The molecule has 1 saturated heterocycles. The van der Waals surface area contributed by atoms with Crippen LogP contribution >= 0.6 is 22.9 Å². The van der Waals surface area contributed by atoms with Crippen LogP contribution in [0.4, 0.5) is 5.95 Å². The van der Waals surface area contributed by atoms with Gasteiger partial charge < -0.3 is 19.6 Å². The summed E-state index contributed by atoms with van der Waals surface area (Å²) < 4.78 is 7.07. The molecule has 8 nitrogen and oxygen atoms in total. The molecule has 1 N–H and O–H groups in total. The molecule has 0 saturated carbocycles. The third-order valence-corrected chi connectivity index (χ3v) is 8.49. The number of ether oxygens (including phenoxy) is 1. The summed E-state index contributed by atoms with van der Waals surface area (Å²) in [4.78, 5) is 31.3. The van der Waals surface area contributed by atoms with Crippen LogP contribution in [0, 0.1) is 6.92 Å². The number of allylic oxidation sites excluding steroid dienone is 4. The maximum atomic E-state index is 12.6. The van der Waals surface area contributed by atoms with Crippen molar-refractivity contribution in [3.05, 3.63) is 58.3 Å². The highest BCUT2D eigenvalue weighted by atomic mass is 35.5. The Morgan fingerprint density at radius 2 is 2.03 bits per heavy atom. The van der Waals surface area contributed by atoms with Crippen molar-refractivity contribution in [3.63, 3.8) is 0 Å². The Labute approximate surface area is 238 Å². The Morgan fingerprint density at radius 1 is 1.28 bits per heavy atom. The van der Waals surface area contributed by atoms with Gasteiger partial charge in [-0.15, -0.1) is 11.3 Å². The van der Waals surface area contributed by atoms with Crippen molar-refractivity contribution < 1.29 is 14.6 Å². The summed E-state index contributed by atoms with van der Waals surface area (Å²) >= 11 is 7.78. The lowest BCUT2D eigenvalue weighted by Gasteiger charge is -2.42. The summed E-state index contributed by atoms with van der Waals surface area (Å²) in [5.41, 5.74) is 3.36. The molecule has 206 valence electrons. The molecule has 5 rings (SSSR count). The third-order valence-electron chi connectivity index (χ3n) is 7.09. The van der Waals surface area contributed by atoms with E-state index in [2.05, 4.69) is 28.9 Å². The van der Waals surface area contributed by atoms with Crippen LogP contribution in [0.5, 0.6) is 0 Å². The highest BCUT2D eigenvalue weighted by Crippen LogP contribution is 2.44. The molecular weight excluding hydrogens is 534 g/mol. The van der Waals surface area contributed by atoms with Crippen molar-refractivity contribution in [2.75, 3.05) is 32.1 Å². The maximum Gasteiger partial charge on any atom is 0.337 e. The Morgan fingerprint density at radius 3 is 2.64 bits per heavy atom. The molecular formula is C29H34ClN5O3S. The van der Waals surface area contributed by atoms with Crippen LogP contribution in [0.1, 0.15) is 55.9 Å². The molecule has 0 radical (unpaired) electrons. The molecule has 1 fully saturated rings. The van der Waals surface area contributed by atoms with Gasteiger partial charge in [0.15, 0.2) is 6.10 Å². The van der Waals surface area contributed by atoms with Crippen molar-refractivity contribution in [2.45, 2.75) is 57.8 Å². The van der Waals surface area contributed by atoms with Gasteiger partial charge in [-0.05, 0) is 77.5 Å². The van der Waals surface area contributed by atoms with Gasteiger partial charge in [-0.3, -0.25) is 0 Å². The molecule has 0 amide bonds. The number of likely N-dealkylation sites (N-methyl/N-ethyl adjacent to an activating group) is 1. The van der Waals surface area contributed by atoms with Crippen molar-refractivity contribution in [3.8, 4) is 10.7 Å². The molecule has 2 aliphatic rings. The fraction of sp³-hybridized carbons (Fsp3) is 0.448. The smallest absolute Gasteiger partial charge is 0.337 e. The Kier molecular flexibility index (Phi) is 7.54. The number of benzene rings is 1. The molecule has 0 spiro atoms. The topological polar surface area (TPSA) is 91.7 Å². The molecule has 0 bridgehead atoms. The van der Waals surface area contributed by atoms with Crippen LogP contribution in [0.2, 0.25) is 0 Å². The number of aromatic nitrogens is 3. The number of halogens is 1. The van der Waals surface area contributed by atoms with Gasteiger partial charge in [-0.25, -0.2) is 19.7 Å². The number of aryl methyl sites for hydroxylation is 1. The second-order valence-electron chi connectivity index (χ2n) is 11.4. The molecule has 2 aromatic heterocycles. The Bertz CT molecular complexity index is 1470. The van der Waals surface area contributed by atoms with Gasteiger partial charge in [0.1, 0.15) is 10.7 Å². The molecule has 2 atom stereocenters. The first-order valence-electron chi connectivity index (χ1n) is 13.0. The second kappa shape index (κ2) is 10.6. The number of anilines is 1. The predicted octanol–water partition coefficient (Wildman–Crippen LogP) is 5.92. The highest BCUT2D eigenvalue weighted by Gasteiger charge is 2.34. The van der Waals surface area contributed by atoms with E-state index >= 15 is 0 Å². The van der Waals surface area contributed by atoms with Crippen LogP contribution in [-0.4, -0.2) is 69.8 Å². The number of carboxylic acid groups (broad SMARTS) is 1. The van der Waals surface area contributed by atoms with Crippen LogP contribution in [0.15, 0.2) is 41.6 Å². The summed E-state index contributed by atoms with van der Waals surface area (Å²) in [5, 5.41) is 11.7. The van der Waals surface area contributed by atoms with E-state index in [-0.39, 0.29) is 5.92 Å². The van der Waals surface area contributed by atoms with E-state index in [4.69, 9.17) is 26.3 Å². The van der Waals surface area contributed by atoms with Crippen LogP contribution in [0.3, 0.4) is 0 Å². The lowest BCUT2D eigenvalue weighted by atomic mass is 9.84. The van der Waals surface area contributed by atoms with E-state index in [0.717, 1.165) is 45.1 Å². The van der Waals surface area contributed by atoms with Gasteiger partial charge in [0.05, 0.1) is 15.8 Å². The van der Waals surface area contributed by atoms with Gasteiger partial charge in [0.2, 0.25) is 5.95 Å². The number of fused-ring (bicyclic) bond motifs is 1. The number of nitrogens with zero attached hydrogens (tertiary/aromatic N) is 5. The molecule has 1 aliphatic carbocycles. The molecule has 3 aromatic rings. The SMILES string of the molecule is Cc1cc2nc(-c3ccnc(N4CC(N(C)C)C4)n3)sc2c(C2C=CC(Cl)=CC2)c1[C@H](OC(C)(C)C)C(=O)O. The number of hydrogen-bond acceptors (Lipinski definition) is 8. The van der Waals surface area contributed by atoms with E-state index in [9.17, 15) is 9.90 Å². The minimum atomic E-state index is -1.12. The fourth-order valence-corrected chi connectivity index (χ4v) is 6.32. The zero-order valence-electron chi connectivity index (χ0n) is 23.1. The largest absolute Gasteiger partial charge is 0.479 e. The summed E-state index contributed by atoms with van der Waals surface area (Å²) in [7, 11) is 4.17. The Balaban J connectivity index is 1.62. The number of rotatable bonds is 7. The monoisotopic (exact) mass is 567 g/mol. The minimum Gasteiger partial charge on any atom is -0.479 e. The quantitative estimate of drug-likeness (QED) is 0.376. The highest BCUT2D eigenvalue weighted by molar-refractivity contribution is 7.21. The summed E-state index contributed by atoms with van der Waals surface area (Å²) in [6.45, 7) is 9.32. The van der Waals surface area contributed by atoms with Gasteiger partial charge >= 0.3 is 5.97 Å². The molecule has 1 unspecified atom stereocenters. The predicted molar refractivity (Wildman–Crippen MR) is 157 cm³/mol. The number of carboxylic acids is 1. The zero-order chi connectivity index (χ0) is 28.1. The first kappa shape index (κ1) is 27.7. The first-order valence-corrected chi connectivity index (χ1v) is 14.2. The number of carbonyl (C=O) groups is 1. The molecule has 1 aliphatic heterocycles. The number of thiazole rings is 1. The first-order chi connectivity index (χ1) is 18.4. The average Bonchev–Trinajstić information content (AvgIpc) is 3.24. The lowest BCUT2D eigenvalue weighted by molar-refractivity contribution is -0.160. The fourth-order valence-electron chi connectivity index (χ4n) is 5.03. The number of hydrogen-bond donors (Lipinski definition) is 1. The summed E-state index contributed by atoms with van der Waals surface area (Å²) in [5.74, 6) is -0.382. The maximum absolute atomic E-state index is 12.6. The van der Waals surface area contributed by atoms with E-state index in [1.807, 2.05) is 58.1 Å². The standard InChI is InChI=1S/C29H34ClN5O3S/c1-16-13-21-25(39-26(32-21)20-11-12-31-28(33-20)35-14-19(15-35)34(5)6)23(17-7-9-18(30)10-8-17)22(16)24(27(36)37)38-29(2,3)4/h7,9-13,17,19,24H,8,14-15H2,1-6H3,(H,36,37)/t17?,24-/m0/s1. The van der Waals surface area contributed by atoms with E-state index in [1.54, 1.807) is 6.20 Å². The molecule has 1 aromatic carbocycles. The summed E-state index contributed by atoms with van der Waals surface area (Å²) in [6.07, 6.45) is 7.21. The van der Waals surface area contributed by atoms with Gasteiger partial charge in [0.25, 0.3) is 0 Å². The zero-order valence-corrected chi connectivity index (χ0v) is 24.7. The van der Waals surface area contributed by atoms with Crippen LogP contribution in [-0.2, 0) is 9.53 Å². The molecule has 3 heterocycles. The number of aliphatic carboxylic acids is 1. The lowest BCUT2D eigenvalue weighted by Crippen LogP contribution is -2.58. The van der Waals surface area contributed by atoms with Crippen molar-refractivity contribution in [1.29, 1.82) is 0 Å². The van der Waals surface area contributed by atoms with Gasteiger partial charge in [-0.2, -0.15) is 0 Å². The molecule has 39 heavy (non-hydrogen) atoms. The van der Waals surface area contributed by atoms with Crippen LogP contribution in [0.25, 0.3) is 20.9 Å². The summed E-state index contributed by atoms with van der Waals surface area (Å²) in [6, 6.07) is 4.33. The normalized spacial score (nSPS) is 18.9. The van der Waals surface area contributed by atoms with E-state index < -0.39 is 17.7 Å². The van der Waals surface area contributed by atoms with Gasteiger partial charge in [0, 0.05) is 41.8 Å². The second-order valence-corrected chi connectivity index (χ2v) is 12.8. The Hall–Kier alpha value is -2.85. The average molecular weight is 568 g/mol. The van der Waals surface area contributed by atoms with E-state index in [0.29, 0.717) is 29.0 Å². The van der Waals surface area contributed by atoms with Crippen molar-refractivity contribution in [1.82, 2.24) is 19.9 Å². The van der Waals surface area contributed by atoms with Crippen molar-refractivity contribution >= 4 is 45.1 Å². The van der Waals surface area contributed by atoms with Gasteiger partial charge in [-0.1, -0.05) is 23.8 Å². The minimum absolute atomic E-state index is 0.0615. The third kappa shape index (κ3) is 5.72. The van der Waals surface area contributed by atoms with E-state index in [1.165, 1.54) is 11.3 Å². The van der Waals surface area contributed by atoms with Crippen LogP contribution < -0.4 is 4.90 Å².